The van der Waals surface area contributed by atoms with Crippen LogP contribution in [0.4, 0.5) is 4.39 Å². The summed E-state index contributed by atoms with van der Waals surface area (Å²) in [4.78, 5) is 4.62. The molecular weight excluding hydrogens is 319 g/mol. The molecule has 1 aliphatic heterocycles. The van der Waals surface area contributed by atoms with E-state index in [9.17, 15) is 9.65 Å². The van der Waals surface area contributed by atoms with Crippen molar-refractivity contribution < 1.29 is 4.39 Å². The van der Waals surface area contributed by atoms with Gasteiger partial charge >= 0.3 is 0 Å². The van der Waals surface area contributed by atoms with Gasteiger partial charge in [-0.2, -0.15) is 5.26 Å². The Morgan fingerprint density at radius 3 is 2.88 bits per heavy atom. The Morgan fingerprint density at radius 2 is 2.20 bits per heavy atom. The topological polar surface area (TPSA) is 61.0 Å². The Labute approximate surface area is 147 Å². The Morgan fingerprint density at radius 1 is 1.40 bits per heavy atom. The third kappa shape index (κ3) is 3.86. The van der Waals surface area contributed by atoms with Crippen molar-refractivity contribution in [2.45, 2.75) is 32.5 Å². The first-order valence-electron chi connectivity index (χ1n) is 8.44. The molecule has 2 aromatic rings. The number of likely N-dealkylation sites (tertiary alicyclic amines) is 1. The van der Waals surface area contributed by atoms with Crippen LogP contribution in [0.25, 0.3) is 0 Å². The van der Waals surface area contributed by atoms with E-state index >= 15 is 0 Å². The first-order valence-corrected chi connectivity index (χ1v) is 8.44. The number of nitriles is 1. The van der Waals surface area contributed by atoms with Crippen molar-refractivity contribution in [3.05, 3.63) is 46.8 Å². The highest BCUT2D eigenvalue weighted by atomic mass is 19.1. The minimum atomic E-state index is -0.363. The third-order valence-corrected chi connectivity index (χ3v) is 5.03. The molecular formula is C18H23FN6. The Balaban J connectivity index is 1.60. The van der Waals surface area contributed by atoms with Crippen LogP contribution in [-0.2, 0) is 20.1 Å². The van der Waals surface area contributed by atoms with Gasteiger partial charge in [-0.15, -0.1) is 10.2 Å². The Kier molecular flexibility index (Phi) is 5.11. The third-order valence-electron chi connectivity index (χ3n) is 5.03. The minimum absolute atomic E-state index is 0.363. The van der Waals surface area contributed by atoms with Crippen molar-refractivity contribution in [1.29, 1.82) is 5.26 Å². The number of halogens is 1. The van der Waals surface area contributed by atoms with Crippen LogP contribution >= 0.6 is 0 Å². The van der Waals surface area contributed by atoms with Gasteiger partial charge in [-0.1, -0.05) is 6.07 Å². The van der Waals surface area contributed by atoms with E-state index in [1.165, 1.54) is 12.1 Å². The minimum Gasteiger partial charge on any atom is -0.317 e. The maximum absolute atomic E-state index is 13.3. The zero-order chi connectivity index (χ0) is 18.0. The molecule has 1 aromatic heterocycles. The van der Waals surface area contributed by atoms with Gasteiger partial charge in [-0.3, -0.25) is 9.80 Å². The van der Waals surface area contributed by atoms with Gasteiger partial charge in [0.25, 0.3) is 0 Å². The number of benzene rings is 1. The van der Waals surface area contributed by atoms with E-state index in [4.69, 9.17) is 0 Å². The van der Waals surface area contributed by atoms with Crippen LogP contribution in [0.15, 0.2) is 18.2 Å². The maximum atomic E-state index is 13.3. The lowest BCUT2D eigenvalue weighted by atomic mass is 10.1. The zero-order valence-corrected chi connectivity index (χ0v) is 14.9. The lowest BCUT2D eigenvalue weighted by Gasteiger charge is -2.24. The Bertz CT molecular complexity index is 793. The summed E-state index contributed by atoms with van der Waals surface area (Å²) in [7, 11) is 4.09. The number of rotatable bonds is 5. The van der Waals surface area contributed by atoms with Crippen LogP contribution in [-0.4, -0.2) is 50.7 Å². The summed E-state index contributed by atoms with van der Waals surface area (Å²) in [6.07, 6.45) is 1.07. The van der Waals surface area contributed by atoms with Gasteiger partial charge in [0, 0.05) is 32.7 Å². The van der Waals surface area contributed by atoms with Gasteiger partial charge in [-0.05, 0) is 38.1 Å². The molecule has 0 radical (unpaired) electrons. The summed E-state index contributed by atoms with van der Waals surface area (Å²) in [5, 5.41) is 17.5. The summed E-state index contributed by atoms with van der Waals surface area (Å²) >= 11 is 0. The summed E-state index contributed by atoms with van der Waals surface area (Å²) in [6.45, 7) is 5.28. The molecule has 132 valence electrons. The molecule has 3 rings (SSSR count). The fourth-order valence-corrected chi connectivity index (χ4v) is 3.29. The van der Waals surface area contributed by atoms with Gasteiger partial charge in [0.15, 0.2) is 0 Å². The molecule has 25 heavy (non-hydrogen) atoms. The first-order chi connectivity index (χ1) is 12.0. The van der Waals surface area contributed by atoms with Gasteiger partial charge < -0.3 is 4.57 Å². The predicted molar refractivity (Wildman–Crippen MR) is 92.0 cm³/mol. The first kappa shape index (κ1) is 17.5. The molecule has 0 aliphatic carbocycles. The van der Waals surface area contributed by atoms with Crippen LogP contribution in [0.2, 0.25) is 0 Å². The van der Waals surface area contributed by atoms with Gasteiger partial charge in [0.05, 0.1) is 18.2 Å². The largest absolute Gasteiger partial charge is 0.317 e. The second-order valence-electron chi connectivity index (χ2n) is 6.73. The summed E-state index contributed by atoms with van der Waals surface area (Å²) in [6, 6.07) is 6.97. The van der Waals surface area contributed by atoms with Crippen molar-refractivity contribution in [2.24, 2.45) is 7.05 Å². The van der Waals surface area contributed by atoms with E-state index in [-0.39, 0.29) is 5.82 Å². The van der Waals surface area contributed by atoms with E-state index in [0.29, 0.717) is 18.2 Å². The van der Waals surface area contributed by atoms with Gasteiger partial charge in [-0.25, -0.2) is 4.39 Å². The average molecular weight is 342 g/mol. The van der Waals surface area contributed by atoms with Crippen molar-refractivity contribution in [3.8, 4) is 6.07 Å². The molecule has 0 saturated carbocycles. The van der Waals surface area contributed by atoms with Gasteiger partial charge in [0.1, 0.15) is 17.5 Å². The normalized spacial score (nSPS) is 18.0. The van der Waals surface area contributed by atoms with Crippen LogP contribution in [0, 0.1) is 24.1 Å². The zero-order valence-electron chi connectivity index (χ0n) is 14.9. The molecule has 1 atom stereocenters. The van der Waals surface area contributed by atoms with Crippen LogP contribution in [0.3, 0.4) is 0 Å². The highest BCUT2D eigenvalue weighted by Crippen LogP contribution is 2.20. The fourth-order valence-electron chi connectivity index (χ4n) is 3.29. The monoisotopic (exact) mass is 342 g/mol. The lowest BCUT2D eigenvalue weighted by Crippen LogP contribution is -2.34. The molecule has 7 heteroatoms. The molecule has 0 N–H and O–H groups in total. The average Bonchev–Trinajstić information content (AvgIpc) is 3.18. The molecule has 2 heterocycles. The van der Waals surface area contributed by atoms with Crippen LogP contribution in [0.1, 0.15) is 29.2 Å². The molecule has 0 spiro atoms. The van der Waals surface area contributed by atoms with Crippen LogP contribution < -0.4 is 0 Å². The fraction of sp³-hybridized carbons (Fsp3) is 0.500. The molecule has 1 unspecified atom stereocenters. The maximum Gasteiger partial charge on any atom is 0.146 e. The van der Waals surface area contributed by atoms with Gasteiger partial charge in [0.2, 0.25) is 0 Å². The van der Waals surface area contributed by atoms with E-state index in [1.807, 2.05) is 18.5 Å². The van der Waals surface area contributed by atoms with Crippen molar-refractivity contribution in [2.75, 3.05) is 20.1 Å². The molecule has 6 nitrogen and oxygen atoms in total. The quantitative estimate of drug-likeness (QED) is 0.830. The number of aryl methyl sites for hydroxylation is 1. The van der Waals surface area contributed by atoms with E-state index in [2.05, 4.69) is 33.1 Å². The predicted octanol–water partition coefficient (Wildman–Crippen LogP) is 1.84. The molecule has 0 amide bonds. The second-order valence-corrected chi connectivity index (χ2v) is 6.73. The van der Waals surface area contributed by atoms with Crippen LogP contribution in [0.5, 0.6) is 0 Å². The molecule has 1 aliphatic rings. The standard InChI is InChI=1S/C18H23FN6/c1-13-21-22-18(24(13)3)12-23(2)17-6-7-25(11-17)10-14-4-5-16(19)8-15(14)9-20/h4-5,8,17H,6-7,10-12H2,1-3H3. The summed E-state index contributed by atoms with van der Waals surface area (Å²) in [5.41, 5.74) is 1.31. The number of nitrogens with zero attached hydrogens (tertiary/aromatic N) is 6. The number of likely N-dealkylation sites (N-methyl/N-ethyl adjacent to an activating group) is 1. The van der Waals surface area contributed by atoms with E-state index in [1.54, 1.807) is 6.07 Å². The smallest absolute Gasteiger partial charge is 0.146 e. The molecule has 0 bridgehead atoms. The molecule has 1 fully saturated rings. The number of hydrogen-bond acceptors (Lipinski definition) is 5. The van der Waals surface area contributed by atoms with E-state index in [0.717, 1.165) is 43.3 Å². The number of hydrogen-bond donors (Lipinski definition) is 0. The van der Waals surface area contributed by atoms with E-state index < -0.39 is 0 Å². The summed E-state index contributed by atoms with van der Waals surface area (Å²) < 4.78 is 15.3. The van der Waals surface area contributed by atoms with Crippen molar-refractivity contribution in [3.63, 3.8) is 0 Å². The Hall–Kier alpha value is -2.30. The number of aromatic nitrogens is 3. The SMILES string of the molecule is Cc1nnc(CN(C)C2CCN(Cc3ccc(F)cc3C#N)C2)n1C. The molecule has 1 aromatic carbocycles. The highest BCUT2D eigenvalue weighted by molar-refractivity contribution is 5.37. The lowest BCUT2D eigenvalue weighted by molar-refractivity contribution is 0.216. The highest BCUT2D eigenvalue weighted by Gasteiger charge is 2.27. The van der Waals surface area contributed by atoms with Crippen molar-refractivity contribution in [1.82, 2.24) is 24.6 Å². The second kappa shape index (κ2) is 7.30. The summed E-state index contributed by atoms with van der Waals surface area (Å²) in [5.74, 6) is 1.51. The van der Waals surface area contributed by atoms with Crippen molar-refractivity contribution >= 4 is 0 Å². The molecule has 1 saturated heterocycles.